The maximum Gasteiger partial charge on any atom is 0.306 e. The molecule has 0 spiro atoms. The van der Waals surface area contributed by atoms with Gasteiger partial charge in [0.05, 0.1) is 5.92 Å². The molecule has 0 saturated heterocycles. The Balaban J connectivity index is 1.81. The molecule has 0 amide bonds. The van der Waals surface area contributed by atoms with Crippen LogP contribution in [0.4, 0.5) is 0 Å². The molecule has 104 valence electrons. The molecule has 3 heteroatoms. The van der Waals surface area contributed by atoms with E-state index >= 15 is 0 Å². The molecule has 0 heterocycles. The van der Waals surface area contributed by atoms with Crippen LogP contribution in [0, 0.1) is 17.8 Å². The average molecular weight is 253 g/mol. The average Bonchev–Trinajstić information content (AvgIpc) is 2.85. The third kappa shape index (κ3) is 3.25. The highest BCUT2D eigenvalue weighted by Crippen LogP contribution is 2.32. The fourth-order valence-corrected chi connectivity index (χ4v) is 3.87. The van der Waals surface area contributed by atoms with E-state index in [4.69, 9.17) is 0 Å². The van der Waals surface area contributed by atoms with Crippen molar-refractivity contribution in [1.29, 1.82) is 0 Å². The van der Waals surface area contributed by atoms with Crippen molar-refractivity contribution >= 4 is 5.97 Å². The summed E-state index contributed by atoms with van der Waals surface area (Å²) in [6.45, 7) is 3.19. The van der Waals surface area contributed by atoms with Crippen LogP contribution in [0.3, 0.4) is 0 Å². The first-order chi connectivity index (χ1) is 8.72. The Morgan fingerprint density at radius 1 is 1.11 bits per heavy atom. The standard InChI is InChI=1S/C15H27NO2/c1-2-11-6-3-4-9-14(11)16-10-12-7-5-8-13(12)15(17)18/h11-14,16H,2-10H2,1H3,(H,17,18). The molecule has 18 heavy (non-hydrogen) atoms. The van der Waals surface area contributed by atoms with E-state index in [2.05, 4.69) is 12.2 Å². The highest BCUT2D eigenvalue weighted by atomic mass is 16.4. The number of hydrogen-bond donors (Lipinski definition) is 2. The van der Waals surface area contributed by atoms with Gasteiger partial charge in [0.25, 0.3) is 0 Å². The van der Waals surface area contributed by atoms with Crippen LogP contribution in [0.15, 0.2) is 0 Å². The quantitative estimate of drug-likeness (QED) is 0.791. The van der Waals surface area contributed by atoms with Gasteiger partial charge in [-0.15, -0.1) is 0 Å². The van der Waals surface area contributed by atoms with Crippen LogP contribution in [0.2, 0.25) is 0 Å². The van der Waals surface area contributed by atoms with Crippen molar-refractivity contribution < 1.29 is 9.90 Å². The Hall–Kier alpha value is -0.570. The van der Waals surface area contributed by atoms with Crippen molar-refractivity contribution in [2.24, 2.45) is 17.8 Å². The van der Waals surface area contributed by atoms with E-state index in [1.54, 1.807) is 0 Å². The molecule has 0 aliphatic heterocycles. The van der Waals surface area contributed by atoms with Gasteiger partial charge < -0.3 is 10.4 Å². The van der Waals surface area contributed by atoms with Gasteiger partial charge in [-0.05, 0) is 44.1 Å². The summed E-state index contributed by atoms with van der Waals surface area (Å²) in [5.74, 6) is 0.488. The van der Waals surface area contributed by atoms with Gasteiger partial charge in [-0.25, -0.2) is 0 Å². The third-order valence-electron chi connectivity index (χ3n) is 5.05. The van der Waals surface area contributed by atoms with Crippen molar-refractivity contribution in [2.45, 2.75) is 64.3 Å². The highest BCUT2D eigenvalue weighted by Gasteiger charge is 2.33. The minimum atomic E-state index is -0.588. The predicted octanol–water partition coefficient (Wildman–Crippen LogP) is 3.05. The van der Waals surface area contributed by atoms with Crippen LogP contribution in [-0.2, 0) is 4.79 Å². The molecule has 4 atom stereocenters. The molecule has 2 N–H and O–H groups in total. The normalized spacial score (nSPS) is 36.7. The van der Waals surface area contributed by atoms with E-state index in [1.165, 1.54) is 32.1 Å². The lowest BCUT2D eigenvalue weighted by atomic mass is 9.82. The van der Waals surface area contributed by atoms with Crippen molar-refractivity contribution in [3.05, 3.63) is 0 Å². The zero-order valence-corrected chi connectivity index (χ0v) is 11.5. The largest absolute Gasteiger partial charge is 0.481 e. The molecule has 0 aromatic heterocycles. The molecule has 0 aromatic carbocycles. The fraction of sp³-hybridized carbons (Fsp3) is 0.933. The van der Waals surface area contributed by atoms with Gasteiger partial charge in [0, 0.05) is 6.04 Å². The Morgan fingerprint density at radius 2 is 1.83 bits per heavy atom. The minimum Gasteiger partial charge on any atom is -0.481 e. The zero-order valence-electron chi connectivity index (χ0n) is 11.5. The second-order valence-corrected chi connectivity index (χ2v) is 6.10. The van der Waals surface area contributed by atoms with Crippen LogP contribution in [-0.4, -0.2) is 23.7 Å². The number of carboxylic acids is 1. The van der Waals surface area contributed by atoms with E-state index < -0.39 is 5.97 Å². The van der Waals surface area contributed by atoms with Crippen LogP contribution >= 0.6 is 0 Å². The molecule has 0 bridgehead atoms. The number of nitrogens with one attached hydrogen (secondary N) is 1. The molecule has 2 aliphatic carbocycles. The van der Waals surface area contributed by atoms with E-state index in [0.717, 1.165) is 31.7 Å². The molecular formula is C15H27NO2. The third-order valence-corrected chi connectivity index (χ3v) is 5.05. The fourth-order valence-electron chi connectivity index (χ4n) is 3.87. The zero-order chi connectivity index (χ0) is 13.0. The van der Waals surface area contributed by atoms with Gasteiger partial charge in [0.15, 0.2) is 0 Å². The SMILES string of the molecule is CCC1CCCCC1NCC1CCCC1C(=O)O. The summed E-state index contributed by atoms with van der Waals surface area (Å²) >= 11 is 0. The van der Waals surface area contributed by atoms with Crippen LogP contribution in [0.5, 0.6) is 0 Å². The molecule has 0 radical (unpaired) electrons. The molecule has 2 saturated carbocycles. The predicted molar refractivity (Wildman–Crippen MR) is 72.5 cm³/mol. The van der Waals surface area contributed by atoms with Gasteiger partial charge in [0.1, 0.15) is 0 Å². The Labute approximate surface area is 110 Å². The summed E-state index contributed by atoms with van der Waals surface area (Å²) in [6.07, 6.45) is 9.65. The smallest absolute Gasteiger partial charge is 0.306 e. The molecular weight excluding hydrogens is 226 g/mol. The molecule has 4 unspecified atom stereocenters. The second-order valence-electron chi connectivity index (χ2n) is 6.10. The lowest BCUT2D eigenvalue weighted by Crippen LogP contribution is -2.41. The van der Waals surface area contributed by atoms with Gasteiger partial charge >= 0.3 is 5.97 Å². The number of carbonyl (C=O) groups is 1. The number of rotatable bonds is 5. The summed E-state index contributed by atoms with van der Waals surface area (Å²) in [4.78, 5) is 11.2. The van der Waals surface area contributed by atoms with Gasteiger partial charge in [0.2, 0.25) is 0 Å². The topological polar surface area (TPSA) is 49.3 Å². The van der Waals surface area contributed by atoms with Gasteiger partial charge in [-0.3, -0.25) is 4.79 Å². The molecule has 0 aromatic rings. The highest BCUT2D eigenvalue weighted by molar-refractivity contribution is 5.70. The number of carboxylic acid groups (broad SMARTS) is 1. The second kappa shape index (κ2) is 6.55. The monoisotopic (exact) mass is 253 g/mol. The van der Waals surface area contributed by atoms with E-state index in [1.807, 2.05) is 0 Å². The summed E-state index contributed by atoms with van der Waals surface area (Å²) in [5.41, 5.74) is 0. The lowest BCUT2D eigenvalue weighted by molar-refractivity contribution is -0.142. The molecule has 3 nitrogen and oxygen atoms in total. The van der Waals surface area contributed by atoms with Crippen LogP contribution in [0.1, 0.15) is 58.3 Å². The van der Waals surface area contributed by atoms with Crippen molar-refractivity contribution in [2.75, 3.05) is 6.54 Å². The van der Waals surface area contributed by atoms with Crippen LogP contribution < -0.4 is 5.32 Å². The van der Waals surface area contributed by atoms with E-state index in [9.17, 15) is 9.90 Å². The van der Waals surface area contributed by atoms with Crippen molar-refractivity contribution in [3.8, 4) is 0 Å². The summed E-state index contributed by atoms with van der Waals surface area (Å²) in [5, 5.41) is 12.9. The Bertz CT molecular complexity index is 280. The molecule has 2 fully saturated rings. The minimum absolute atomic E-state index is 0.0961. The maximum absolute atomic E-state index is 11.2. The first-order valence-electron chi connectivity index (χ1n) is 7.68. The number of aliphatic carboxylic acids is 1. The van der Waals surface area contributed by atoms with Gasteiger partial charge in [-0.2, -0.15) is 0 Å². The summed E-state index contributed by atoms with van der Waals surface area (Å²) in [7, 11) is 0. The van der Waals surface area contributed by atoms with E-state index in [0.29, 0.717) is 12.0 Å². The first-order valence-corrected chi connectivity index (χ1v) is 7.68. The Kier molecular flexibility index (Phi) is 5.04. The van der Waals surface area contributed by atoms with Crippen LogP contribution in [0.25, 0.3) is 0 Å². The van der Waals surface area contributed by atoms with Crippen molar-refractivity contribution in [3.63, 3.8) is 0 Å². The summed E-state index contributed by atoms with van der Waals surface area (Å²) in [6, 6.07) is 0.638. The first kappa shape index (κ1) is 13.9. The van der Waals surface area contributed by atoms with Crippen molar-refractivity contribution in [1.82, 2.24) is 5.32 Å². The Morgan fingerprint density at radius 3 is 2.56 bits per heavy atom. The lowest BCUT2D eigenvalue weighted by Gasteiger charge is -2.33. The number of hydrogen-bond acceptors (Lipinski definition) is 2. The van der Waals surface area contributed by atoms with E-state index in [-0.39, 0.29) is 5.92 Å². The maximum atomic E-state index is 11.2. The summed E-state index contributed by atoms with van der Waals surface area (Å²) < 4.78 is 0. The molecule has 2 aliphatic rings. The van der Waals surface area contributed by atoms with Gasteiger partial charge in [-0.1, -0.05) is 32.6 Å². The molecule has 2 rings (SSSR count).